The lowest BCUT2D eigenvalue weighted by molar-refractivity contribution is -0.143. The van der Waals surface area contributed by atoms with Crippen LogP contribution in [-0.4, -0.2) is 47.8 Å². The van der Waals surface area contributed by atoms with Crippen LogP contribution in [0.15, 0.2) is 0 Å². The van der Waals surface area contributed by atoms with Gasteiger partial charge < -0.3 is 9.84 Å². The highest BCUT2D eigenvalue weighted by Gasteiger charge is 2.37. The number of hydrogen-bond acceptors (Lipinski definition) is 3. The van der Waals surface area contributed by atoms with Gasteiger partial charge in [0.05, 0.1) is 12.0 Å². The van der Waals surface area contributed by atoms with Gasteiger partial charge in [-0.2, -0.15) is 0 Å². The van der Waals surface area contributed by atoms with E-state index in [4.69, 9.17) is 4.74 Å². The molecule has 1 aliphatic heterocycles. The minimum absolute atomic E-state index is 0.140. The third kappa shape index (κ3) is 2.99. The normalized spacial score (nSPS) is 31.8. The number of carboxylic acids is 1. The number of piperidine rings is 1. The molecule has 2 aliphatic rings. The zero-order valence-electron chi connectivity index (χ0n) is 10.6. The van der Waals surface area contributed by atoms with Crippen LogP contribution in [0.4, 0.5) is 0 Å². The van der Waals surface area contributed by atoms with Crippen molar-refractivity contribution in [3.8, 4) is 0 Å². The van der Waals surface area contributed by atoms with Gasteiger partial charge in [-0.25, -0.2) is 0 Å². The van der Waals surface area contributed by atoms with Crippen LogP contribution in [0, 0.1) is 5.92 Å². The fourth-order valence-electron chi connectivity index (χ4n) is 3.28. The monoisotopic (exact) mass is 241 g/mol. The molecular weight excluding hydrogens is 218 g/mol. The third-order valence-electron chi connectivity index (χ3n) is 4.14. The molecule has 17 heavy (non-hydrogen) atoms. The first kappa shape index (κ1) is 12.8. The minimum atomic E-state index is -0.612. The summed E-state index contributed by atoms with van der Waals surface area (Å²) in [6.45, 7) is 4.81. The summed E-state index contributed by atoms with van der Waals surface area (Å²) in [5, 5.41) is 9.20. The molecule has 1 saturated carbocycles. The Kier molecular flexibility index (Phi) is 4.40. The Hall–Kier alpha value is -0.610. The Morgan fingerprint density at radius 2 is 2.00 bits per heavy atom. The molecular formula is C13H23NO3. The van der Waals surface area contributed by atoms with Crippen LogP contribution in [0.5, 0.6) is 0 Å². The summed E-state index contributed by atoms with van der Waals surface area (Å²) in [5.74, 6) is -0.752. The molecule has 4 heteroatoms. The lowest BCUT2D eigenvalue weighted by Crippen LogP contribution is -2.46. The van der Waals surface area contributed by atoms with Crippen molar-refractivity contribution in [2.45, 2.75) is 51.2 Å². The molecule has 2 atom stereocenters. The topological polar surface area (TPSA) is 49.8 Å². The molecule has 1 heterocycles. The average molecular weight is 241 g/mol. The van der Waals surface area contributed by atoms with Gasteiger partial charge >= 0.3 is 5.97 Å². The van der Waals surface area contributed by atoms with E-state index in [-0.39, 0.29) is 12.0 Å². The minimum Gasteiger partial charge on any atom is -0.481 e. The lowest BCUT2D eigenvalue weighted by atomic mass is 9.98. The SMILES string of the molecule is CCOC1CCN(C2CCCC2C(=O)O)CC1. The molecule has 1 N–H and O–H groups in total. The summed E-state index contributed by atoms with van der Waals surface area (Å²) in [4.78, 5) is 13.5. The number of hydrogen-bond donors (Lipinski definition) is 1. The van der Waals surface area contributed by atoms with Crippen LogP contribution in [-0.2, 0) is 9.53 Å². The highest BCUT2D eigenvalue weighted by molar-refractivity contribution is 5.71. The van der Waals surface area contributed by atoms with Gasteiger partial charge in [-0.05, 0) is 32.6 Å². The van der Waals surface area contributed by atoms with E-state index in [9.17, 15) is 9.90 Å². The maximum atomic E-state index is 11.2. The summed E-state index contributed by atoms with van der Waals surface area (Å²) in [6, 6.07) is 0.273. The highest BCUT2D eigenvalue weighted by Crippen LogP contribution is 2.32. The van der Waals surface area contributed by atoms with Crippen molar-refractivity contribution in [3.05, 3.63) is 0 Å². The van der Waals surface area contributed by atoms with E-state index in [1.54, 1.807) is 0 Å². The Bertz CT molecular complexity index is 261. The van der Waals surface area contributed by atoms with Crippen molar-refractivity contribution >= 4 is 5.97 Å². The van der Waals surface area contributed by atoms with E-state index in [0.717, 1.165) is 51.8 Å². The maximum Gasteiger partial charge on any atom is 0.308 e. The van der Waals surface area contributed by atoms with Crippen LogP contribution in [0.1, 0.15) is 39.0 Å². The van der Waals surface area contributed by atoms with E-state index in [2.05, 4.69) is 4.90 Å². The largest absolute Gasteiger partial charge is 0.481 e. The van der Waals surface area contributed by atoms with Gasteiger partial charge in [0.2, 0.25) is 0 Å². The Morgan fingerprint density at radius 3 is 2.59 bits per heavy atom. The van der Waals surface area contributed by atoms with Crippen LogP contribution in [0.2, 0.25) is 0 Å². The second-order valence-electron chi connectivity index (χ2n) is 5.13. The summed E-state index contributed by atoms with van der Waals surface area (Å²) in [7, 11) is 0. The zero-order chi connectivity index (χ0) is 12.3. The standard InChI is InChI=1S/C13H23NO3/c1-2-17-10-6-8-14(9-7-10)12-5-3-4-11(12)13(15)16/h10-12H,2-9H2,1H3,(H,15,16). The predicted molar refractivity (Wildman–Crippen MR) is 65.0 cm³/mol. The number of nitrogens with zero attached hydrogens (tertiary/aromatic N) is 1. The first-order chi connectivity index (χ1) is 8.22. The number of likely N-dealkylation sites (tertiary alicyclic amines) is 1. The van der Waals surface area contributed by atoms with Crippen molar-refractivity contribution < 1.29 is 14.6 Å². The first-order valence-electron chi connectivity index (χ1n) is 6.80. The molecule has 2 unspecified atom stereocenters. The zero-order valence-corrected chi connectivity index (χ0v) is 10.6. The van der Waals surface area contributed by atoms with Gasteiger partial charge in [-0.3, -0.25) is 9.69 Å². The molecule has 0 aromatic carbocycles. The van der Waals surface area contributed by atoms with Crippen molar-refractivity contribution in [3.63, 3.8) is 0 Å². The van der Waals surface area contributed by atoms with Gasteiger partial charge in [0.25, 0.3) is 0 Å². The highest BCUT2D eigenvalue weighted by atomic mass is 16.5. The molecule has 0 spiro atoms. The van der Waals surface area contributed by atoms with Crippen molar-refractivity contribution in [1.82, 2.24) is 4.90 Å². The summed E-state index contributed by atoms with van der Waals surface area (Å²) in [5.41, 5.74) is 0. The Balaban J connectivity index is 1.85. The Morgan fingerprint density at radius 1 is 1.29 bits per heavy atom. The molecule has 2 rings (SSSR count). The average Bonchev–Trinajstić information content (AvgIpc) is 2.79. The van der Waals surface area contributed by atoms with E-state index >= 15 is 0 Å². The number of rotatable bonds is 4. The van der Waals surface area contributed by atoms with Gasteiger partial charge in [0, 0.05) is 25.7 Å². The quantitative estimate of drug-likeness (QED) is 0.814. The van der Waals surface area contributed by atoms with Crippen molar-refractivity contribution in [2.24, 2.45) is 5.92 Å². The molecule has 4 nitrogen and oxygen atoms in total. The van der Waals surface area contributed by atoms with Gasteiger partial charge in [0.1, 0.15) is 0 Å². The number of carboxylic acid groups (broad SMARTS) is 1. The number of ether oxygens (including phenoxy) is 1. The summed E-state index contributed by atoms with van der Waals surface area (Å²) < 4.78 is 5.63. The fourth-order valence-corrected chi connectivity index (χ4v) is 3.28. The van der Waals surface area contributed by atoms with Crippen LogP contribution >= 0.6 is 0 Å². The molecule has 0 aromatic heterocycles. The van der Waals surface area contributed by atoms with E-state index in [1.165, 1.54) is 0 Å². The molecule has 0 amide bonds. The van der Waals surface area contributed by atoms with Crippen molar-refractivity contribution in [1.29, 1.82) is 0 Å². The molecule has 0 radical (unpaired) electrons. The predicted octanol–water partition coefficient (Wildman–Crippen LogP) is 1.74. The Labute approximate surface area is 103 Å². The van der Waals surface area contributed by atoms with Gasteiger partial charge in [0.15, 0.2) is 0 Å². The van der Waals surface area contributed by atoms with Crippen molar-refractivity contribution in [2.75, 3.05) is 19.7 Å². The third-order valence-corrected chi connectivity index (χ3v) is 4.14. The second-order valence-corrected chi connectivity index (χ2v) is 5.13. The van der Waals surface area contributed by atoms with E-state index < -0.39 is 5.97 Å². The number of aliphatic carboxylic acids is 1. The maximum absolute atomic E-state index is 11.2. The van der Waals surface area contributed by atoms with Gasteiger partial charge in [-0.15, -0.1) is 0 Å². The lowest BCUT2D eigenvalue weighted by Gasteiger charge is -2.37. The molecule has 1 saturated heterocycles. The first-order valence-corrected chi connectivity index (χ1v) is 6.80. The molecule has 1 aliphatic carbocycles. The van der Waals surface area contributed by atoms with Crippen LogP contribution < -0.4 is 0 Å². The van der Waals surface area contributed by atoms with Crippen LogP contribution in [0.3, 0.4) is 0 Å². The molecule has 0 bridgehead atoms. The van der Waals surface area contributed by atoms with E-state index in [1.807, 2.05) is 6.92 Å². The van der Waals surface area contributed by atoms with Crippen LogP contribution in [0.25, 0.3) is 0 Å². The second kappa shape index (κ2) is 5.83. The summed E-state index contributed by atoms with van der Waals surface area (Å²) in [6.07, 6.45) is 5.46. The number of carbonyl (C=O) groups is 1. The van der Waals surface area contributed by atoms with E-state index in [0.29, 0.717) is 6.10 Å². The van der Waals surface area contributed by atoms with Gasteiger partial charge in [-0.1, -0.05) is 6.42 Å². The summed E-state index contributed by atoms with van der Waals surface area (Å²) >= 11 is 0. The molecule has 0 aromatic rings. The molecule has 98 valence electrons. The molecule has 2 fully saturated rings. The fraction of sp³-hybridized carbons (Fsp3) is 0.923. The smallest absolute Gasteiger partial charge is 0.308 e.